The van der Waals surface area contributed by atoms with Crippen LogP contribution in [-0.4, -0.2) is 119 Å². The van der Waals surface area contributed by atoms with E-state index in [1.807, 2.05) is 0 Å². The monoisotopic (exact) mass is 395 g/mol. The van der Waals surface area contributed by atoms with Gasteiger partial charge in [-0.15, -0.1) is 0 Å². The van der Waals surface area contributed by atoms with Crippen molar-refractivity contribution in [1.82, 2.24) is 5.32 Å². The molecule has 0 aromatic heterocycles. The molecule has 162 valence electrons. The molecule has 0 amide bonds. The van der Waals surface area contributed by atoms with Crippen molar-refractivity contribution in [3.05, 3.63) is 0 Å². The molecule has 0 spiro atoms. The van der Waals surface area contributed by atoms with Crippen molar-refractivity contribution < 1.29 is 37.9 Å². The first-order valence-corrected chi connectivity index (χ1v) is 9.83. The Bertz CT molecular complexity index is 158. The fraction of sp³-hybridized carbons (Fsp3) is 1.00. The Labute approximate surface area is 162 Å². The number of hydrogen-bond acceptors (Lipinski definition) is 9. The SMILES string of the molecule is C1COCCOCCOCCOCCOCCOCCOCCOCCN1. The van der Waals surface area contributed by atoms with Gasteiger partial charge in [0.2, 0.25) is 0 Å². The van der Waals surface area contributed by atoms with Crippen molar-refractivity contribution in [2.75, 3.05) is 119 Å². The summed E-state index contributed by atoms with van der Waals surface area (Å²) in [4.78, 5) is 0. The van der Waals surface area contributed by atoms with Crippen LogP contribution in [0.15, 0.2) is 0 Å². The highest BCUT2D eigenvalue weighted by atomic mass is 16.6. The zero-order valence-corrected chi connectivity index (χ0v) is 16.5. The van der Waals surface area contributed by atoms with E-state index in [0.717, 1.165) is 13.1 Å². The Morgan fingerprint density at radius 1 is 0.259 bits per heavy atom. The van der Waals surface area contributed by atoms with Gasteiger partial charge in [0.1, 0.15) is 0 Å². The van der Waals surface area contributed by atoms with Gasteiger partial charge in [0.05, 0.1) is 106 Å². The molecule has 1 aliphatic heterocycles. The van der Waals surface area contributed by atoms with E-state index >= 15 is 0 Å². The van der Waals surface area contributed by atoms with Crippen molar-refractivity contribution in [3.63, 3.8) is 0 Å². The molecule has 1 rings (SSSR count). The van der Waals surface area contributed by atoms with Crippen LogP contribution in [0, 0.1) is 0 Å². The molecular formula is C18H37NO8. The zero-order valence-electron chi connectivity index (χ0n) is 16.5. The molecule has 0 aromatic carbocycles. The van der Waals surface area contributed by atoms with Gasteiger partial charge in [0.15, 0.2) is 0 Å². The molecule has 1 aliphatic rings. The van der Waals surface area contributed by atoms with Crippen LogP contribution in [0.1, 0.15) is 0 Å². The third kappa shape index (κ3) is 20.2. The van der Waals surface area contributed by atoms with Crippen molar-refractivity contribution >= 4 is 0 Å². The summed E-state index contributed by atoms with van der Waals surface area (Å²) in [7, 11) is 0. The lowest BCUT2D eigenvalue weighted by atomic mass is 10.6. The van der Waals surface area contributed by atoms with Crippen molar-refractivity contribution in [2.24, 2.45) is 0 Å². The second-order valence-corrected chi connectivity index (χ2v) is 5.65. The summed E-state index contributed by atoms with van der Waals surface area (Å²) in [6.45, 7) is 10.8. The fourth-order valence-corrected chi connectivity index (χ4v) is 2.06. The number of nitrogens with one attached hydrogen (secondary N) is 1. The Morgan fingerprint density at radius 3 is 0.667 bits per heavy atom. The first-order valence-electron chi connectivity index (χ1n) is 9.83. The second kappa shape index (κ2) is 21.9. The van der Waals surface area contributed by atoms with Gasteiger partial charge in [-0.2, -0.15) is 0 Å². The van der Waals surface area contributed by atoms with E-state index in [2.05, 4.69) is 5.32 Å². The second-order valence-electron chi connectivity index (χ2n) is 5.65. The molecule has 9 nitrogen and oxygen atoms in total. The predicted octanol–water partition coefficient (Wildman–Crippen LogP) is -0.278. The van der Waals surface area contributed by atoms with E-state index in [-0.39, 0.29) is 0 Å². The standard InChI is InChI=1S/C18H37NO8/c1-3-20-5-7-22-9-11-24-13-15-26-17-18-27-16-14-25-12-10-23-8-6-21-4-2-19-1/h19H,1-18H2. The highest BCUT2D eigenvalue weighted by molar-refractivity contribution is 4.45. The summed E-state index contributed by atoms with van der Waals surface area (Å²) in [6, 6.07) is 0. The van der Waals surface area contributed by atoms with E-state index in [1.54, 1.807) is 0 Å². The van der Waals surface area contributed by atoms with Gasteiger partial charge < -0.3 is 43.2 Å². The van der Waals surface area contributed by atoms with E-state index in [4.69, 9.17) is 37.9 Å². The molecule has 0 atom stereocenters. The maximum Gasteiger partial charge on any atom is 0.0701 e. The Balaban J connectivity index is 2.00. The molecule has 1 fully saturated rings. The number of ether oxygens (including phenoxy) is 8. The third-order valence-electron chi connectivity index (χ3n) is 3.45. The normalized spacial score (nSPS) is 24.0. The molecule has 1 saturated heterocycles. The average Bonchev–Trinajstić information content (AvgIpc) is 2.68. The largest absolute Gasteiger partial charge is 0.378 e. The third-order valence-corrected chi connectivity index (χ3v) is 3.45. The lowest BCUT2D eigenvalue weighted by Crippen LogP contribution is -2.25. The lowest BCUT2D eigenvalue weighted by Gasteiger charge is -2.08. The predicted molar refractivity (Wildman–Crippen MR) is 99.4 cm³/mol. The first-order chi connectivity index (χ1) is 13.5. The summed E-state index contributed by atoms with van der Waals surface area (Å²) in [5.41, 5.74) is 0. The first kappa shape index (κ1) is 24.7. The maximum absolute atomic E-state index is 5.47. The summed E-state index contributed by atoms with van der Waals surface area (Å²) in [6.07, 6.45) is 0. The summed E-state index contributed by atoms with van der Waals surface area (Å²) in [5.74, 6) is 0. The summed E-state index contributed by atoms with van der Waals surface area (Å²) in [5, 5.41) is 3.26. The molecule has 0 bridgehead atoms. The quantitative estimate of drug-likeness (QED) is 0.595. The summed E-state index contributed by atoms with van der Waals surface area (Å²) >= 11 is 0. The minimum absolute atomic E-state index is 0.551. The van der Waals surface area contributed by atoms with Gasteiger partial charge in [0.25, 0.3) is 0 Å². The van der Waals surface area contributed by atoms with Crippen LogP contribution in [-0.2, 0) is 37.9 Å². The van der Waals surface area contributed by atoms with Crippen LogP contribution in [0.4, 0.5) is 0 Å². The van der Waals surface area contributed by atoms with Gasteiger partial charge in [-0.1, -0.05) is 0 Å². The number of hydrogen-bond donors (Lipinski definition) is 1. The van der Waals surface area contributed by atoms with Gasteiger partial charge in [-0.25, -0.2) is 0 Å². The highest BCUT2D eigenvalue weighted by Gasteiger charge is 1.96. The Kier molecular flexibility index (Phi) is 20.0. The van der Waals surface area contributed by atoms with E-state index in [9.17, 15) is 0 Å². The maximum atomic E-state index is 5.47. The molecular weight excluding hydrogens is 358 g/mol. The minimum atomic E-state index is 0.551. The lowest BCUT2D eigenvalue weighted by molar-refractivity contribution is -0.0223. The smallest absolute Gasteiger partial charge is 0.0701 e. The molecule has 0 saturated carbocycles. The molecule has 0 aromatic rings. The Morgan fingerprint density at radius 2 is 0.444 bits per heavy atom. The molecule has 0 radical (unpaired) electrons. The van der Waals surface area contributed by atoms with Gasteiger partial charge >= 0.3 is 0 Å². The molecule has 0 aliphatic carbocycles. The minimum Gasteiger partial charge on any atom is -0.378 e. The van der Waals surface area contributed by atoms with Crippen LogP contribution in [0.25, 0.3) is 0 Å². The van der Waals surface area contributed by atoms with Gasteiger partial charge in [0, 0.05) is 13.1 Å². The Hall–Kier alpha value is -0.360. The molecule has 0 unspecified atom stereocenters. The fourth-order valence-electron chi connectivity index (χ4n) is 2.06. The zero-order chi connectivity index (χ0) is 19.1. The van der Waals surface area contributed by atoms with Crippen molar-refractivity contribution in [2.45, 2.75) is 0 Å². The van der Waals surface area contributed by atoms with E-state index in [1.165, 1.54) is 0 Å². The summed E-state index contributed by atoms with van der Waals surface area (Å²) < 4.78 is 43.5. The molecule has 27 heavy (non-hydrogen) atoms. The number of rotatable bonds is 0. The molecule has 1 heterocycles. The van der Waals surface area contributed by atoms with E-state index in [0.29, 0.717) is 106 Å². The van der Waals surface area contributed by atoms with Gasteiger partial charge in [-0.3, -0.25) is 0 Å². The van der Waals surface area contributed by atoms with Crippen molar-refractivity contribution in [1.29, 1.82) is 0 Å². The molecule has 1 N–H and O–H groups in total. The van der Waals surface area contributed by atoms with Crippen LogP contribution in [0.3, 0.4) is 0 Å². The van der Waals surface area contributed by atoms with Gasteiger partial charge in [-0.05, 0) is 0 Å². The van der Waals surface area contributed by atoms with Crippen LogP contribution in [0.5, 0.6) is 0 Å². The topological polar surface area (TPSA) is 85.9 Å². The van der Waals surface area contributed by atoms with Crippen molar-refractivity contribution in [3.8, 4) is 0 Å². The average molecular weight is 395 g/mol. The van der Waals surface area contributed by atoms with E-state index < -0.39 is 0 Å². The molecule has 9 heteroatoms. The van der Waals surface area contributed by atoms with Crippen LogP contribution >= 0.6 is 0 Å². The van der Waals surface area contributed by atoms with Crippen LogP contribution < -0.4 is 5.32 Å². The van der Waals surface area contributed by atoms with Crippen LogP contribution in [0.2, 0.25) is 0 Å². The highest BCUT2D eigenvalue weighted by Crippen LogP contribution is 1.86.